The lowest BCUT2D eigenvalue weighted by atomic mass is 9.95. The van der Waals surface area contributed by atoms with Crippen LogP contribution < -0.4 is 5.73 Å². The number of urea groups is 1. The second-order valence-electron chi connectivity index (χ2n) is 5.90. The first-order chi connectivity index (χ1) is 9.87. The van der Waals surface area contributed by atoms with Crippen LogP contribution in [0.1, 0.15) is 40.5 Å². The maximum Gasteiger partial charge on any atom is 0.320 e. The fourth-order valence-corrected chi connectivity index (χ4v) is 2.78. The first kappa shape index (κ1) is 17.8. The first-order valence-electron chi connectivity index (χ1n) is 7.99. The summed E-state index contributed by atoms with van der Waals surface area (Å²) in [6.45, 7) is 11.5. The third-order valence-corrected chi connectivity index (χ3v) is 4.13. The van der Waals surface area contributed by atoms with Gasteiger partial charge in [0.05, 0.1) is 5.54 Å². The number of rotatable bonds is 5. The molecule has 1 aliphatic rings. The zero-order valence-electron chi connectivity index (χ0n) is 13.9. The molecule has 0 aromatic heterocycles. The van der Waals surface area contributed by atoms with Crippen LogP contribution >= 0.6 is 0 Å². The van der Waals surface area contributed by atoms with E-state index >= 15 is 0 Å². The normalized spacial score (nSPS) is 18.3. The summed E-state index contributed by atoms with van der Waals surface area (Å²) in [5.41, 5.74) is 5.32. The predicted molar refractivity (Wildman–Crippen MR) is 84.0 cm³/mol. The Labute approximate surface area is 128 Å². The van der Waals surface area contributed by atoms with Crippen LogP contribution in [0.15, 0.2) is 0 Å². The van der Waals surface area contributed by atoms with Gasteiger partial charge in [-0.2, -0.15) is 0 Å². The van der Waals surface area contributed by atoms with Gasteiger partial charge in [-0.3, -0.25) is 4.79 Å². The summed E-state index contributed by atoms with van der Waals surface area (Å²) in [7, 11) is 0. The summed E-state index contributed by atoms with van der Waals surface area (Å²) >= 11 is 0. The third kappa shape index (κ3) is 4.33. The molecular weight excluding hydrogens is 268 g/mol. The fraction of sp³-hybridized carbons (Fsp3) is 0.867. The third-order valence-electron chi connectivity index (χ3n) is 4.13. The van der Waals surface area contributed by atoms with Gasteiger partial charge in [-0.1, -0.05) is 13.3 Å². The standard InChI is InChI=1S/C15H30N4O2/c1-5-8-15(4,16)13(20)18-9-11-19(12-10-18)14(21)17(6-2)7-3/h5-12,16H2,1-4H3. The lowest BCUT2D eigenvalue weighted by Gasteiger charge is -2.39. The van der Waals surface area contributed by atoms with Gasteiger partial charge in [0.1, 0.15) is 0 Å². The highest BCUT2D eigenvalue weighted by atomic mass is 16.2. The smallest absolute Gasteiger partial charge is 0.320 e. The molecule has 1 atom stereocenters. The van der Waals surface area contributed by atoms with E-state index in [1.165, 1.54) is 0 Å². The Morgan fingerprint density at radius 3 is 1.95 bits per heavy atom. The monoisotopic (exact) mass is 298 g/mol. The van der Waals surface area contributed by atoms with Crippen LogP contribution in [0.2, 0.25) is 0 Å². The molecule has 3 amide bonds. The van der Waals surface area contributed by atoms with Crippen molar-refractivity contribution in [2.75, 3.05) is 39.3 Å². The molecule has 1 saturated heterocycles. The molecule has 6 nitrogen and oxygen atoms in total. The zero-order valence-corrected chi connectivity index (χ0v) is 13.9. The molecule has 1 aliphatic heterocycles. The van der Waals surface area contributed by atoms with Gasteiger partial charge >= 0.3 is 6.03 Å². The molecule has 0 saturated carbocycles. The minimum absolute atomic E-state index is 0.000659. The van der Waals surface area contributed by atoms with Gasteiger partial charge in [-0.05, 0) is 27.2 Å². The molecule has 0 aromatic carbocycles. The van der Waals surface area contributed by atoms with E-state index in [4.69, 9.17) is 5.73 Å². The highest BCUT2D eigenvalue weighted by Gasteiger charge is 2.34. The Hall–Kier alpha value is -1.30. The molecular formula is C15H30N4O2. The van der Waals surface area contributed by atoms with Gasteiger partial charge in [0.15, 0.2) is 0 Å². The summed E-state index contributed by atoms with van der Waals surface area (Å²) in [6, 6.07) is 0.0659. The van der Waals surface area contributed by atoms with E-state index in [-0.39, 0.29) is 11.9 Å². The molecule has 1 heterocycles. The number of nitrogens with two attached hydrogens (primary N) is 1. The number of nitrogens with zero attached hydrogens (tertiary/aromatic N) is 3. The van der Waals surface area contributed by atoms with E-state index in [0.717, 1.165) is 6.42 Å². The van der Waals surface area contributed by atoms with E-state index < -0.39 is 5.54 Å². The van der Waals surface area contributed by atoms with Gasteiger partial charge in [-0.15, -0.1) is 0 Å². The molecule has 0 aromatic rings. The fourth-order valence-electron chi connectivity index (χ4n) is 2.78. The molecule has 21 heavy (non-hydrogen) atoms. The Bertz CT molecular complexity index is 359. The molecule has 6 heteroatoms. The highest BCUT2D eigenvalue weighted by Crippen LogP contribution is 2.15. The number of hydrogen-bond donors (Lipinski definition) is 1. The Kier molecular flexibility index (Phi) is 6.45. The largest absolute Gasteiger partial charge is 0.338 e. The van der Waals surface area contributed by atoms with Crippen LogP contribution in [0.3, 0.4) is 0 Å². The van der Waals surface area contributed by atoms with Gasteiger partial charge in [0, 0.05) is 39.3 Å². The summed E-state index contributed by atoms with van der Waals surface area (Å²) < 4.78 is 0. The van der Waals surface area contributed by atoms with Crippen LogP contribution in [-0.4, -0.2) is 71.4 Å². The average molecular weight is 298 g/mol. The number of hydrogen-bond acceptors (Lipinski definition) is 3. The molecule has 2 N–H and O–H groups in total. The van der Waals surface area contributed by atoms with Crippen molar-refractivity contribution in [1.29, 1.82) is 0 Å². The van der Waals surface area contributed by atoms with Gasteiger partial charge in [-0.25, -0.2) is 4.79 Å². The highest BCUT2D eigenvalue weighted by molar-refractivity contribution is 5.86. The summed E-state index contributed by atoms with van der Waals surface area (Å²) in [5, 5.41) is 0. The molecule has 0 radical (unpaired) electrons. The maximum atomic E-state index is 12.4. The van der Waals surface area contributed by atoms with Crippen LogP contribution in [0.25, 0.3) is 0 Å². The SMILES string of the molecule is CCCC(C)(N)C(=O)N1CCN(C(=O)N(CC)CC)CC1. The molecule has 0 bridgehead atoms. The van der Waals surface area contributed by atoms with Crippen LogP contribution in [0, 0.1) is 0 Å². The Balaban J connectivity index is 2.56. The van der Waals surface area contributed by atoms with Crippen molar-refractivity contribution in [1.82, 2.24) is 14.7 Å². The first-order valence-corrected chi connectivity index (χ1v) is 7.99. The number of amides is 3. The quantitative estimate of drug-likeness (QED) is 0.826. The lowest BCUT2D eigenvalue weighted by Crippen LogP contribution is -2.59. The van der Waals surface area contributed by atoms with Crippen molar-refractivity contribution in [3.05, 3.63) is 0 Å². The maximum absolute atomic E-state index is 12.4. The molecule has 1 fully saturated rings. The number of carbonyl (C=O) groups is 2. The van der Waals surface area contributed by atoms with Gasteiger partial charge in [0.2, 0.25) is 5.91 Å². The Morgan fingerprint density at radius 2 is 1.52 bits per heavy atom. The summed E-state index contributed by atoms with van der Waals surface area (Å²) in [4.78, 5) is 30.1. The molecule has 1 unspecified atom stereocenters. The number of piperazine rings is 1. The molecule has 1 rings (SSSR count). The second kappa shape index (κ2) is 7.64. The predicted octanol–water partition coefficient (Wildman–Crippen LogP) is 1.11. The molecule has 0 aliphatic carbocycles. The Morgan fingerprint density at radius 1 is 1.05 bits per heavy atom. The van der Waals surface area contributed by atoms with Gasteiger partial charge in [0.25, 0.3) is 0 Å². The van der Waals surface area contributed by atoms with Crippen molar-refractivity contribution in [3.63, 3.8) is 0 Å². The lowest BCUT2D eigenvalue weighted by molar-refractivity contribution is -0.138. The van der Waals surface area contributed by atoms with Crippen LogP contribution in [-0.2, 0) is 4.79 Å². The van der Waals surface area contributed by atoms with E-state index in [1.54, 1.807) is 11.8 Å². The van der Waals surface area contributed by atoms with E-state index in [1.807, 2.05) is 30.6 Å². The average Bonchev–Trinajstić information content (AvgIpc) is 2.47. The van der Waals surface area contributed by atoms with Crippen molar-refractivity contribution < 1.29 is 9.59 Å². The summed E-state index contributed by atoms with van der Waals surface area (Å²) in [6.07, 6.45) is 1.57. The minimum atomic E-state index is -0.792. The van der Waals surface area contributed by atoms with E-state index in [2.05, 4.69) is 0 Å². The summed E-state index contributed by atoms with van der Waals surface area (Å²) in [5.74, 6) is -0.000659. The van der Waals surface area contributed by atoms with Crippen molar-refractivity contribution in [2.45, 2.75) is 46.1 Å². The molecule has 0 spiro atoms. The molecule has 122 valence electrons. The number of carbonyl (C=O) groups excluding carboxylic acids is 2. The van der Waals surface area contributed by atoms with E-state index in [9.17, 15) is 9.59 Å². The van der Waals surface area contributed by atoms with Crippen molar-refractivity contribution >= 4 is 11.9 Å². The van der Waals surface area contributed by atoms with Gasteiger partial charge < -0.3 is 20.4 Å². The topological polar surface area (TPSA) is 69.9 Å². The van der Waals surface area contributed by atoms with Crippen molar-refractivity contribution in [2.24, 2.45) is 5.73 Å². The second-order valence-corrected chi connectivity index (χ2v) is 5.90. The van der Waals surface area contributed by atoms with Crippen LogP contribution in [0.4, 0.5) is 4.79 Å². The van der Waals surface area contributed by atoms with Crippen molar-refractivity contribution in [3.8, 4) is 0 Å². The van der Waals surface area contributed by atoms with E-state index in [0.29, 0.717) is 45.7 Å². The minimum Gasteiger partial charge on any atom is -0.338 e. The van der Waals surface area contributed by atoms with Crippen LogP contribution in [0.5, 0.6) is 0 Å². The zero-order chi connectivity index (χ0) is 16.0.